The minimum Gasteiger partial charge on any atom is -0.356 e. The Hall–Kier alpha value is -0.120. The summed E-state index contributed by atoms with van der Waals surface area (Å²) in [5.74, 6) is 0. The fraction of sp³-hybridized carbons (Fsp3) is 1.00. The lowest BCUT2D eigenvalue weighted by atomic mass is 9.90. The summed E-state index contributed by atoms with van der Waals surface area (Å²) in [6.07, 6.45) is 2.35. The standard InChI is InChI=1S/C7H15NO2/c1-2-9-5-10-7-3-6(8)4-7/h6-7H,2-5,8H2,1H3. The third kappa shape index (κ3) is 2.25. The average molecular weight is 145 g/mol. The second-order valence-corrected chi connectivity index (χ2v) is 2.63. The van der Waals surface area contributed by atoms with Gasteiger partial charge in [-0.1, -0.05) is 0 Å². The molecule has 0 spiro atoms. The zero-order valence-corrected chi connectivity index (χ0v) is 6.38. The van der Waals surface area contributed by atoms with Gasteiger partial charge < -0.3 is 15.2 Å². The maximum Gasteiger partial charge on any atom is 0.147 e. The van der Waals surface area contributed by atoms with Gasteiger partial charge in [-0.2, -0.15) is 0 Å². The first-order valence-corrected chi connectivity index (χ1v) is 3.78. The molecule has 1 saturated carbocycles. The Morgan fingerprint density at radius 1 is 1.50 bits per heavy atom. The zero-order chi connectivity index (χ0) is 7.40. The van der Waals surface area contributed by atoms with Gasteiger partial charge in [0.1, 0.15) is 6.79 Å². The quantitative estimate of drug-likeness (QED) is 0.462. The van der Waals surface area contributed by atoms with Crippen LogP contribution in [0, 0.1) is 0 Å². The number of hydrogen-bond acceptors (Lipinski definition) is 3. The third-order valence-corrected chi connectivity index (χ3v) is 1.72. The molecule has 10 heavy (non-hydrogen) atoms. The first-order valence-electron chi connectivity index (χ1n) is 3.78. The minimum atomic E-state index is 0.363. The van der Waals surface area contributed by atoms with E-state index in [9.17, 15) is 0 Å². The highest BCUT2D eigenvalue weighted by molar-refractivity contribution is 4.82. The van der Waals surface area contributed by atoms with Crippen LogP contribution in [0.1, 0.15) is 19.8 Å². The van der Waals surface area contributed by atoms with Crippen molar-refractivity contribution >= 4 is 0 Å². The van der Waals surface area contributed by atoms with Crippen LogP contribution in [-0.2, 0) is 9.47 Å². The van der Waals surface area contributed by atoms with Gasteiger partial charge >= 0.3 is 0 Å². The van der Waals surface area contributed by atoms with Gasteiger partial charge in [0.2, 0.25) is 0 Å². The molecule has 0 aliphatic heterocycles. The van der Waals surface area contributed by atoms with Gasteiger partial charge in [0.05, 0.1) is 6.10 Å². The van der Waals surface area contributed by atoms with E-state index in [1.54, 1.807) is 0 Å². The summed E-state index contributed by atoms with van der Waals surface area (Å²) >= 11 is 0. The van der Waals surface area contributed by atoms with Crippen molar-refractivity contribution in [3.63, 3.8) is 0 Å². The minimum absolute atomic E-state index is 0.363. The van der Waals surface area contributed by atoms with Crippen molar-refractivity contribution in [1.29, 1.82) is 0 Å². The van der Waals surface area contributed by atoms with Crippen LogP contribution in [0.3, 0.4) is 0 Å². The van der Waals surface area contributed by atoms with Crippen molar-refractivity contribution in [2.75, 3.05) is 13.4 Å². The molecule has 0 aromatic heterocycles. The highest BCUT2D eigenvalue weighted by Gasteiger charge is 2.26. The Balaban J connectivity index is 1.86. The SMILES string of the molecule is CCOCOC1CC(N)C1. The molecule has 0 radical (unpaired) electrons. The predicted molar refractivity (Wildman–Crippen MR) is 38.6 cm³/mol. The molecule has 1 aliphatic rings. The number of nitrogens with two attached hydrogens (primary N) is 1. The first-order chi connectivity index (χ1) is 4.83. The monoisotopic (exact) mass is 145 g/mol. The van der Waals surface area contributed by atoms with Gasteiger partial charge in [0, 0.05) is 12.6 Å². The van der Waals surface area contributed by atoms with Crippen LogP contribution in [0.5, 0.6) is 0 Å². The number of ether oxygens (including phenoxy) is 2. The van der Waals surface area contributed by atoms with Crippen LogP contribution in [-0.4, -0.2) is 25.5 Å². The summed E-state index contributed by atoms with van der Waals surface area (Å²) in [6.45, 7) is 3.10. The molecule has 0 saturated heterocycles. The Bertz CT molecular complexity index is 91.6. The molecule has 3 heteroatoms. The number of hydrogen-bond donors (Lipinski definition) is 1. The van der Waals surface area contributed by atoms with Gasteiger partial charge in [-0.05, 0) is 19.8 Å². The Morgan fingerprint density at radius 3 is 2.70 bits per heavy atom. The van der Waals surface area contributed by atoms with Crippen molar-refractivity contribution in [2.24, 2.45) is 5.73 Å². The van der Waals surface area contributed by atoms with E-state index >= 15 is 0 Å². The zero-order valence-electron chi connectivity index (χ0n) is 6.38. The molecule has 1 fully saturated rings. The van der Waals surface area contributed by atoms with Crippen LogP contribution >= 0.6 is 0 Å². The molecule has 0 bridgehead atoms. The van der Waals surface area contributed by atoms with Crippen LogP contribution in [0.2, 0.25) is 0 Å². The van der Waals surface area contributed by atoms with Gasteiger partial charge in [-0.25, -0.2) is 0 Å². The second-order valence-electron chi connectivity index (χ2n) is 2.63. The van der Waals surface area contributed by atoms with Gasteiger partial charge in [0.15, 0.2) is 0 Å². The van der Waals surface area contributed by atoms with E-state index in [1.165, 1.54) is 0 Å². The molecule has 0 heterocycles. The van der Waals surface area contributed by atoms with E-state index in [1.807, 2.05) is 6.92 Å². The molecule has 0 aromatic carbocycles. The summed E-state index contributed by atoms with van der Waals surface area (Å²) in [5.41, 5.74) is 5.55. The lowest BCUT2D eigenvalue weighted by molar-refractivity contribution is -0.113. The van der Waals surface area contributed by atoms with Crippen LogP contribution in [0.25, 0.3) is 0 Å². The number of rotatable bonds is 4. The van der Waals surface area contributed by atoms with Crippen molar-refractivity contribution in [3.05, 3.63) is 0 Å². The Labute approximate surface area is 61.5 Å². The van der Waals surface area contributed by atoms with Crippen LogP contribution in [0.4, 0.5) is 0 Å². The lowest BCUT2D eigenvalue weighted by Crippen LogP contribution is -2.41. The van der Waals surface area contributed by atoms with E-state index < -0.39 is 0 Å². The Morgan fingerprint density at radius 2 is 2.20 bits per heavy atom. The lowest BCUT2D eigenvalue weighted by Gasteiger charge is -2.31. The molecule has 0 amide bonds. The van der Waals surface area contributed by atoms with E-state index in [0.29, 0.717) is 18.9 Å². The fourth-order valence-electron chi connectivity index (χ4n) is 0.970. The molecule has 1 rings (SSSR count). The predicted octanol–water partition coefficient (Wildman–Crippen LogP) is 0.487. The van der Waals surface area contributed by atoms with Crippen LogP contribution < -0.4 is 5.73 Å². The molecule has 1 aliphatic carbocycles. The van der Waals surface area contributed by atoms with E-state index in [-0.39, 0.29) is 0 Å². The maximum atomic E-state index is 5.55. The molecule has 0 unspecified atom stereocenters. The van der Waals surface area contributed by atoms with E-state index in [2.05, 4.69) is 0 Å². The fourth-order valence-corrected chi connectivity index (χ4v) is 0.970. The average Bonchev–Trinajstić information content (AvgIpc) is 1.85. The second kappa shape index (κ2) is 3.91. The third-order valence-electron chi connectivity index (χ3n) is 1.72. The molecule has 3 nitrogen and oxygen atoms in total. The molecule has 60 valence electrons. The van der Waals surface area contributed by atoms with Gasteiger partial charge in [-0.3, -0.25) is 0 Å². The summed E-state index contributed by atoms with van der Waals surface area (Å²) in [6, 6.07) is 0.367. The smallest absolute Gasteiger partial charge is 0.147 e. The van der Waals surface area contributed by atoms with Gasteiger partial charge in [0.25, 0.3) is 0 Å². The Kier molecular flexibility index (Phi) is 3.12. The van der Waals surface area contributed by atoms with Crippen LogP contribution in [0.15, 0.2) is 0 Å². The molecule has 2 N–H and O–H groups in total. The molecular formula is C7H15NO2. The molecular weight excluding hydrogens is 130 g/mol. The van der Waals surface area contributed by atoms with Crippen molar-refractivity contribution in [1.82, 2.24) is 0 Å². The highest BCUT2D eigenvalue weighted by atomic mass is 16.7. The van der Waals surface area contributed by atoms with E-state index in [0.717, 1.165) is 19.4 Å². The molecule has 0 atom stereocenters. The highest BCUT2D eigenvalue weighted by Crippen LogP contribution is 2.20. The summed E-state index contributed by atoms with van der Waals surface area (Å²) in [4.78, 5) is 0. The first kappa shape index (κ1) is 7.98. The summed E-state index contributed by atoms with van der Waals surface area (Å²) in [5, 5.41) is 0. The van der Waals surface area contributed by atoms with Gasteiger partial charge in [-0.15, -0.1) is 0 Å². The molecule has 0 aromatic rings. The van der Waals surface area contributed by atoms with E-state index in [4.69, 9.17) is 15.2 Å². The topological polar surface area (TPSA) is 44.5 Å². The largest absolute Gasteiger partial charge is 0.356 e. The summed E-state index contributed by atoms with van der Waals surface area (Å²) in [7, 11) is 0. The van der Waals surface area contributed by atoms with Crippen molar-refractivity contribution < 1.29 is 9.47 Å². The maximum absolute atomic E-state index is 5.55. The summed E-state index contributed by atoms with van der Waals surface area (Å²) < 4.78 is 10.3. The van der Waals surface area contributed by atoms with Crippen molar-refractivity contribution in [3.8, 4) is 0 Å². The normalized spacial score (nSPS) is 31.8. The van der Waals surface area contributed by atoms with Crippen molar-refractivity contribution in [2.45, 2.75) is 31.9 Å².